The molecule has 40 heavy (non-hydrogen) atoms. The monoisotopic (exact) mass is 572 g/mol. The van der Waals surface area contributed by atoms with E-state index in [2.05, 4.69) is 25.6 Å². The number of hydrogen-bond donors (Lipinski definition) is 1. The van der Waals surface area contributed by atoms with Gasteiger partial charge in [-0.2, -0.15) is 18.3 Å². The zero-order valence-corrected chi connectivity index (χ0v) is 23.2. The minimum absolute atomic E-state index is 0.00729. The molecule has 1 fully saturated rings. The van der Waals surface area contributed by atoms with Crippen LogP contribution in [0.3, 0.4) is 0 Å². The van der Waals surface area contributed by atoms with E-state index in [1.807, 2.05) is 32.8 Å². The number of carbonyl (C=O) groups is 1. The Morgan fingerprint density at radius 3 is 2.40 bits per heavy atom. The number of rotatable bonds is 5. The van der Waals surface area contributed by atoms with Gasteiger partial charge in [-0.1, -0.05) is 22.9 Å². The van der Waals surface area contributed by atoms with Gasteiger partial charge in [0.2, 0.25) is 0 Å². The van der Waals surface area contributed by atoms with Crippen molar-refractivity contribution >= 4 is 28.9 Å². The minimum Gasteiger partial charge on any atom is -0.368 e. The second kappa shape index (κ2) is 10.6. The molecule has 2 aromatic carbocycles. The van der Waals surface area contributed by atoms with Gasteiger partial charge >= 0.3 is 6.18 Å². The maximum absolute atomic E-state index is 13.9. The van der Waals surface area contributed by atoms with Crippen molar-refractivity contribution in [3.8, 4) is 16.9 Å². The first-order valence-electron chi connectivity index (χ1n) is 12.6. The van der Waals surface area contributed by atoms with Gasteiger partial charge < -0.3 is 15.1 Å². The average molecular weight is 573 g/mol. The predicted molar refractivity (Wildman–Crippen MR) is 147 cm³/mol. The maximum Gasteiger partial charge on any atom is 0.417 e. The zero-order valence-electron chi connectivity index (χ0n) is 22.4. The summed E-state index contributed by atoms with van der Waals surface area (Å²) in [5.74, 6) is -0.565. The molecule has 1 aliphatic rings. The summed E-state index contributed by atoms with van der Waals surface area (Å²) in [5.41, 5.74) is 3.33. The molecule has 1 N–H and O–H groups in total. The lowest BCUT2D eigenvalue weighted by Crippen LogP contribution is -2.44. The summed E-state index contributed by atoms with van der Waals surface area (Å²) in [6, 6.07) is 7.35. The third-order valence-electron chi connectivity index (χ3n) is 7.18. The molecule has 9 nitrogen and oxygen atoms in total. The van der Waals surface area contributed by atoms with E-state index >= 15 is 0 Å². The van der Waals surface area contributed by atoms with Crippen LogP contribution in [0.1, 0.15) is 27.2 Å². The molecule has 0 unspecified atom stereocenters. The number of benzene rings is 2. The molecule has 1 aliphatic heterocycles. The number of nitrogens with zero attached hydrogens (tertiary/aromatic N) is 7. The van der Waals surface area contributed by atoms with E-state index in [0.29, 0.717) is 37.6 Å². The maximum atomic E-state index is 13.9. The Hall–Kier alpha value is -3.90. The van der Waals surface area contributed by atoms with E-state index in [0.717, 1.165) is 22.9 Å². The lowest BCUT2D eigenvalue weighted by Gasteiger charge is -2.35. The lowest BCUT2D eigenvalue weighted by atomic mass is 10.1. The Bertz CT molecular complexity index is 1570. The molecule has 0 atom stereocenters. The molecule has 13 heteroatoms. The molecule has 1 amide bonds. The first-order valence-corrected chi connectivity index (χ1v) is 13.0. The topological polar surface area (TPSA) is 84.1 Å². The molecule has 0 bridgehead atoms. The van der Waals surface area contributed by atoms with Crippen molar-refractivity contribution in [3.05, 3.63) is 70.1 Å². The van der Waals surface area contributed by atoms with Crippen molar-refractivity contribution in [1.29, 1.82) is 0 Å². The van der Waals surface area contributed by atoms with Crippen molar-refractivity contribution in [2.24, 2.45) is 7.05 Å². The molecule has 5 rings (SSSR count). The number of alkyl halides is 3. The van der Waals surface area contributed by atoms with Crippen molar-refractivity contribution in [3.63, 3.8) is 0 Å². The second-order valence-corrected chi connectivity index (χ2v) is 10.3. The number of anilines is 2. The summed E-state index contributed by atoms with van der Waals surface area (Å²) in [7, 11) is 3.79. The Morgan fingerprint density at radius 2 is 1.75 bits per heavy atom. The van der Waals surface area contributed by atoms with Crippen LogP contribution in [0, 0.1) is 13.8 Å². The van der Waals surface area contributed by atoms with Crippen LogP contribution >= 0.6 is 11.6 Å². The standard InChI is InChI=1S/C27H28ClF3N8O/c1-16-5-6-18(11-23(16)39-15-22(34-35-39)20-14-32-37(4)17(20)2)26(40)33-19-12-21(27(29,30)31)25(28)24(13-19)38-9-7-36(3)8-10-38/h5-6,11-15H,7-10H2,1-4H3,(H,33,40). The SMILES string of the molecule is Cc1ccc(C(=O)Nc2cc(N3CCN(C)CC3)c(Cl)c(C(F)(F)F)c2)cc1-n1cc(-c2cnn(C)c2C)nn1. The van der Waals surface area contributed by atoms with Crippen molar-refractivity contribution in [1.82, 2.24) is 29.7 Å². The summed E-state index contributed by atoms with van der Waals surface area (Å²) in [4.78, 5) is 17.2. The van der Waals surface area contributed by atoms with Gasteiger partial charge in [0.25, 0.3) is 5.91 Å². The highest BCUT2D eigenvalue weighted by molar-refractivity contribution is 6.34. The molecule has 0 saturated carbocycles. The predicted octanol–water partition coefficient (Wildman–Crippen LogP) is 4.96. The summed E-state index contributed by atoms with van der Waals surface area (Å²) >= 11 is 6.24. The van der Waals surface area contributed by atoms with Crippen LogP contribution in [0.25, 0.3) is 16.9 Å². The summed E-state index contributed by atoms with van der Waals surface area (Å²) in [6.07, 6.45) is -1.24. The van der Waals surface area contributed by atoms with E-state index in [4.69, 9.17) is 11.6 Å². The van der Waals surface area contributed by atoms with Gasteiger partial charge in [0.15, 0.2) is 0 Å². The van der Waals surface area contributed by atoms with Crippen LogP contribution in [-0.2, 0) is 13.2 Å². The normalized spacial score (nSPS) is 14.6. The second-order valence-electron chi connectivity index (χ2n) is 9.92. The molecular formula is C27H28ClF3N8O. The first kappa shape index (κ1) is 27.7. The van der Waals surface area contributed by atoms with Crippen LogP contribution in [0.15, 0.2) is 42.7 Å². The fourth-order valence-electron chi connectivity index (χ4n) is 4.62. The smallest absolute Gasteiger partial charge is 0.368 e. The van der Waals surface area contributed by atoms with Crippen molar-refractivity contribution in [2.75, 3.05) is 43.4 Å². The number of hydrogen-bond acceptors (Lipinski definition) is 6. The van der Waals surface area contributed by atoms with E-state index in [9.17, 15) is 18.0 Å². The molecule has 3 heterocycles. The number of piperazine rings is 1. The van der Waals surface area contributed by atoms with E-state index < -0.39 is 17.6 Å². The molecule has 4 aromatic rings. The van der Waals surface area contributed by atoms with E-state index in [-0.39, 0.29) is 22.0 Å². The van der Waals surface area contributed by atoms with Crippen LogP contribution in [-0.4, -0.2) is 68.8 Å². The third-order valence-corrected chi connectivity index (χ3v) is 7.58. The highest BCUT2D eigenvalue weighted by atomic mass is 35.5. The molecule has 2 aromatic heterocycles. The highest BCUT2D eigenvalue weighted by Gasteiger charge is 2.36. The highest BCUT2D eigenvalue weighted by Crippen LogP contribution is 2.42. The van der Waals surface area contributed by atoms with Gasteiger partial charge in [-0.25, -0.2) is 4.68 Å². The summed E-state index contributed by atoms with van der Waals surface area (Å²) in [6.45, 7) is 6.20. The lowest BCUT2D eigenvalue weighted by molar-refractivity contribution is -0.137. The number of halogens is 4. The Morgan fingerprint density at radius 1 is 1.02 bits per heavy atom. The zero-order chi connectivity index (χ0) is 28.8. The van der Waals surface area contributed by atoms with Crippen molar-refractivity contribution < 1.29 is 18.0 Å². The van der Waals surface area contributed by atoms with Gasteiger partial charge in [0.05, 0.1) is 34.4 Å². The number of nitrogens with one attached hydrogen (secondary N) is 1. The number of amides is 1. The van der Waals surface area contributed by atoms with Crippen molar-refractivity contribution in [2.45, 2.75) is 20.0 Å². The molecule has 0 radical (unpaired) electrons. The molecule has 0 spiro atoms. The number of likely N-dealkylation sites (N-methyl/N-ethyl adjacent to an activating group) is 1. The van der Waals surface area contributed by atoms with Crippen LogP contribution in [0.4, 0.5) is 24.5 Å². The van der Waals surface area contributed by atoms with Crippen LogP contribution in [0.5, 0.6) is 0 Å². The molecule has 0 aliphatic carbocycles. The first-order chi connectivity index (χ1) is 18.9. The fourth-order valence-corrected chi connectivity index (χ4v) is 4.96. The largest absolute Gasteiger partial charge is 0.417 e. The minimum atomic E-state index is -4.69. The number of aryl methyl sites for hydroxylation is 2. The van der Waals surface area contributed by atoms with Gasteiger partial charge in [-0.3, -0.25) is 9.48 Å². The van der Waals surface area contributed by atoms with Gasteiger partial charge in [-0.05, 0) is 50.7 Å². The Kier molecular flexibility index (Phi) is 7.32. The average Bonchev–Trinajstić information content (AvgIpc) is 3.51. The van der Waals surface area contributed by atoms with Crippen LogP contribution < -0.4 is 10.2 Å². The summed E-state index contributed by atoms with van der Waals surface area (Å²) < 4.78 is 45.0. The Labute approximate surface area is 234 Å². The van der Waals surface area contributed by atoms with Gasteiger partial charge in [-0.15, -0.1) is 5.10 Å². The van der Waals surface area contributed by atoms with E-state index in [1.54, 1.807) is 40.0 Å². The van der Waals surface area contributed by atoms with Gasteiger partial charge in [0.1, 0.15) is 5.69 Å². The van der Waals surface area contributed by atoms with E-state index in [1.165, 1.54) is 6.07 Å². The van der Waals surface area contributed by atoms with Crippen LogP contribution in [0.2, 0.25) is 5.02 Å². The number of aromatic nitrogens is 5. The number of carbonyl (C=O) groups excluding carboxylic acids is 1. The molecular weight excluding hydrogens is 545 g/mol. The quantitative estimate of drug-likeness (QED) is 0.364. The molecule has 1 saturated heterocycles. The Balaban J connectivity index is 1.44. The fraction of sp³-hybridized carbons (Fsp3) is 0.333. The van der Waals surface area contributed by atoms with Gasteiger partial charge in [0, 0.05) is 55.7 Å². The molecule has 210 valence electrons. The third kappa shape index (κ3) is 5.41. The summed E-state index contributed by atoms with van der Waals surface area (Å²) in [5, 5.41) is 15.0.